The molecule has 24 heavy (non-hydrogen) atoms. The molecule has 2 saturated carbocycles. The van der Waals surface area contributed by atoms with Crippen LogP contribution in [0.5, 0.6) is 5.75 Å². The Labute approximate surface area is 148 Å². The number of nitrogens with two attached hydrogens (primary N) is 1. The predicted molar refractivity (Wildman–Crippen MR) is 97.2 cm³/mol. The monoisotopic (exact) mass is 347 g/mol. The molecule has 4 N–H and O–H groups in total. The van der Waals surface area contributed by atoms with Crippen LogP contribution in [0.3, 0.4) is 0 Å². The number of fused-ring (bicyclic) bond motifs is 1. The molecule has 2 aliphatic rings. The molecule has 0 radical (unpaired) electrons. The van der Waals surface area contributed by atoms with Crippen LogP contribution < -0.4 is 5.73 Å². The van der Waals surface area contributed by atoms with Crippen molar-refractivity contribution >= 4 is 23.0 Å². The van der Waals surface area contributed by atoms with Crippen LogP contribution in [0.15, 0.2) is 12.1 Å². The second-order valence-electron chi connectivity index (χ2n) is 7.53. The molecule has 1 aromatic rings. The molecule has 2 aliphatic carbocycles. The fourth-order valence-corrected chi connectivity index (χ4v) is 5.21. The molecule has 2 fully saturated rings. The molecule has 0 amide bonds. The van der Waals surface area contributed by atoms with Crippen molar-refractivity contribution in [1.82, 2.24) is 0 Å². The Kier molecular flexibility index (Phi) is 4.21. The zero-order valence-corrected chi connectivity index (χ0v) is 15.1. The molecule has 0 aliphatic heterocycles. The highest BCUT2D eigenvalue weighted by molar-refractivity contribution is 7.80. The Morgan fingerprint density at radius 3 is 2.75 bits per heavy atom. The summed E-state index contributed by atoms with van der Waals surface area (Å²) in [5, 5.41) is 22.6. The second kappa shape index (κ2) is 5.81. The van der Waals surface area contributed by atoms with Gasteiger partial charge < -0.3 is 15.9 Å². The molecule has 0 heterocycles. The maximum Gasteiger partial charge on any atom is 0.134 e. The van der Waals surface area contributed by atoms with Crippen LogP contribution in [0.25, 0.3) is 0 Å². The molecule has 0 aromatic heterocycles. The Morgan fingerprint density at radius 1 is 1.38 bits per heavy atom. The number of carbonyl (C=O) groups is 1. The Bertz CT molecular complexity index is 717. The van der Waals surface area contributed by atoms with Gasteiger partial charge in [0, 0.05) is 23.8 Å². The minimum atomic E-state index is -0.990. The highest BCUT2D eigenvalue weighted by Crippen LogP contribution is 2.58. The number of thiocarbonyl (C=S) groups is 1. The van der Waals surface area contributed by atoms with Crippen LogP contribution in [0.2, 0.25) is 0 Å². The van der Waals surface area contributed by atoms with Crippen molar-refractivity contribution < 1.29 is 15.0 Å². The second-order valence-corrected chi connectivity index (χ2v) is 7.97. The van der Waals surface area contributed by atoms with E-state index in [-0.39, 0.29) is 28.9 Å². The minimum Gasteiger partial charge on any atom is -0.507 e. The standard InChI is InChI=1S/C19H25NO3S/c1-11-5-6-14(17(20)24)16(22)15(11)18-8-3-4-12(2)19(18,23)9-7-13(21)10-18/h5-6,12,22-23H,3-4,7-10H2,1-2H3,(H2,20,24)/t12-,18+,19+/m0/s1. The molecule has 0 spiro atoms. The van der Waals surface area contributed by atoms with E-state index in [1.54, 1.807) is 6.07 Å². The maximum absolute atomic E-state index is 12.3. The summed E-state index contributed by atoms with van der Waals surface area (Å²) in [5.41, 5.74) is 5.96. The van der Waals surface area contributed by atoms with Crippen molar-refractivity contribution in [3.63, 3.8) is 0 Å². The third-order valence-corrected chi connectivity index (χ3v) is 6.52. The van der Waals surface area contributed by atoms with Crippen molar-refractivity contribution in [2.45, 2.75) is 63.4 Å². The van der Waals surface area contributed by atoms with Crippen LogP contribution in [-0.4, -0.2) is 26.6 Å². The van der Waals surface area contributed by atoms with Gasteiger partial charge >= 0.3 is 0 Å². The number of phenols is 1. The first-order chi connectivity index (χ1) is 11.2. The normalized spacial score (nSPS) is 33.1. The van der Waals surface area contributed by atoms with E-state index in [9.17, 15) is 15.0 Å². The number of aryl methyl sites for hydroxylation is 1. The van der Waals surface area contributed by atoms with Crippen molar-refractivity contribution in [3.05, 3.63) is 28.8 Å². The Hall–Kier alpha value is -1.46. The SMILES string of the molecule is Cc1ccc(C(N)=S)c(O)c1[C@]12CCC[C@H](C)[C@]1(O)CCC(=O)C2. The van der Waals surface area contributed by atoms with Crippen LogP contribution in [0.4, 0.5) is 0 Å². The summed E-state index contributed by atoms with van der Waals surface area (Å²) in [5.74, 6) is 0.254. The zero-order chi connectivity index (χ0) is 17.7. The van der Waals surface area contributed by atoms with E-state index >= 15 is 0 Å². The molecule has 1 aromatic carbocycles. The van der Waals surface area contributed by atoms with Gasteiger partial charge in [0.1, 0.15) is 16.5 Å². The third-order valence-electron chi connectivity index (χ3n) is 6.30. The van der Waals surface area contributed by atoms with Crippen LogP contribution in [-0.2, 0) is 10.2 Å². The van der Waals surface area contributed by atoms with Crippen molar-refractivity contribution in [3.8, 4) is 5.75 Å². The van der Waals surface area contributed by atoms with E-state index in [2.05, 4.69) is 0 Å². The molecule has 130 valence electrons. The number of rotatable bonds is 2. The van der Waals surface area contributed by atoms with Gasteiger partial charge in [0.05, 0.1) is 11.2 Å². The number of ketones is 1. The van der Waals surface area contributed by atoms with Crippen molar-refractivity contribution in [2.75, 3.05) is 0 Å². The van der Waals surface area contributed by atoms with Gasteiger partial charge in [0.25, 0.3) is 0 Å². The number of hydrogen-bond acceptors (Lipinski definition) is 4. The van der Waals surface area contributed by atoms with E-state index in [1.807, 2.05) is 19.9 Å². The molecule has 5 heteroatoms. The van der Waals surface area contributed by atoms with E-state index in [0.29, 0.717) is 30.4 Å². The third kappa shape index (κ3) is 2.29. The maximum atomic E-state index is 12.3. The van der Waals surface area contributed by atoms with Gasteiger partial charge in [-0.05, 0) is 43.7 Å². The summed E-state index contributed by atoms with van der Waals surface area (Å²) in [7, 11) is 0. The highest BCUT2D eigenvalue weighted by Gasteiger charge is 2.60. The lowest BCUT2D eigenvalue weighted by Crippen LogP contribution is -2.61. The average Bonchev–Trinajstić information content (AvgIpc) is 2.49. The molecular weight excluding hydrogens is 322 g/mol. The van der Waals surface area contributed by atoms with Gasteiger partial charge in [-0.1, -0.05) is 31.6 Å². The summed E-state index contributed by atoms with van der Waals surface area (Å²) in [6.07, 6.45) is 3.66. The Balaban J connectivity index is 2.29. The van der Waals surface area contributed by atoms with E-state index in [4.69, 9.17) is 18.0 Å². The first kappa shape index (κ1) is 17.4. The fourth-order valence-electron chi connectivity index (χ4n) is 5.04. The van der Waals surface area contributed by atoms with Gasteiger partial charge in [-0.25, -0.2) is 0 Å². The minimum absolute atomic E-state index is 0.0322. The number of aromatic hydroxyl groups is 1. The average molecular weight is 347 g/mol. The smallest absolute Gasteiger partial charge is 0.134 e. The number of Topliss-reactive ketones (excluding diaryl/α,β-unsaturated/α-hetero) is 1. The molecular formula is C19H25NO3S. The Morgan fingerprint density at radius 2 is 2.08 bits per heavy atom. The fraction of sp³-hybridized carbons (Fsp3) is 0.579. The first-order valence-electron chi connectivity index (χ1n) is 8.60. The topological polar surface area (TPSA) is 83.6 Å². The molecule has 3 atom stereocenters. The van der Waals surface area contributed by atoms with Gasteiger partial charge in [0.2, 0.25) is 0 Å². The quantitative estimate of drug-likeness (QED) is 0.717. The molecule has 4 nitrogen and oxygen atoms in total. The van der Waals surface area contributed by atoms with Crippen molar-refractivity contribution in [1.29, 1.82) is 0 Å². The molecule has 0 saturated heterocycles. The summed E-state index contributed by atoms with van der Waals surface area (Å²) in [4.78, 5) is 12.5. The predicted octanol–water partition coefficient (Wildman–Crippen LogP) is 2.88. The summed E-state index contributed by atoms with van der Waals surface area (Å²) in [6.45, 7) is 3.96. The van der Waals surface area contributed by atoms with Crippen LogP contribution in [0.1, 0.15) is 62.1 Å². The number of phenolic OH excluding ortho intramolecular Hbond substituents is 1. The highest BCUT2D eigenvalue weighted by atomic mass is 32.1. The van der Waals surface area contributed by atoms with Crippen LogP contribution in [0, 0.1) is 12.8 Å². The number of aliphatic hydroxyl groups is 1. The first-order valence-corrected chi connectivity index (χ1v) is 9.01. The lowest BCUT2D eigenvalue weighted by atomic mass is 9.50. The zero-order valence-electron chi connectivity index (χ0n) is 14.3. The van der Waals surface area contributed by atoms with Gasteiger partial charge in [-0.15, -0.1) is 0 Å². The van der Waals surface area contributed by atoms with Gasteiger partial charge in [-0.3, -0.25) is 4.79 Å². The largest absolute Gasteiger partial charge is 0.507 e. The van der Waals surface area contributed by atoms with Crippen molar-refractivity contribution in [2.24, 2.45) is 11.7 Å². The lowest BCUT2D eigenvalue weighted by Gasteiger charge is -2.57. The van der Waals surface area contributed by atoms with Gasteiger partial charge in [-0.2, -0.15) is 0 Å². The summed E-state index contributed by atoms with van der Waals surface area (Å²) < 4.78 is 0. The molecule has 3 rings (SSSR count). The number of hydrogen-bond donors (Lipinski definition) is 3. The van der Waals surface area contributed by atoms with Crippen LogP contribution >= 0.6 is 12.2 Å². The summed E-state index contributed by atoms with van der Waals surface area (Å²) in [6, 6.07) is 3.58. The lowest BCUT2D eigenvalue weighted by molar-refractivity contribution is -0.153. The number of benzene rings is 1. The summed E-state index contributed by atoms with van der Waals surface area (Å²) >= 11 is 5.06. The van der Waals surface area contributed by atoms with E-state index in [0.717, 1.165) is 18.4 Å². The number of carbonyl (C=O) groups excluding carboxylic acids is 1. The molecule has 0 unspecified atom stereocenters. The molecule has 0 bridgehead atoms. The van der Waals surface area contributed by atoms with Gasteiger partial charge in [0.15, 0.2) is 0 Å². The van der Waals surface area contributed by atoms with E-state index < -0.39 is 11.0 Å². The van der Waals surface area contributed by atoms with E-state index in [1.165, 1.54) is 0 Å².